The van der Waals surface area contributed by atoms with Crippen molar-refractivity contribution in [3.63, 3.8) is 0 Å². The van der Waals surface area contributed by atoms with Crippen molar-refractivity contribution in [1.82, 2.24) is 0 Å². The average molecular weight is 1040 g/mol. The number of ether oxygens (including phenoxy) is 3. The van der Waals surface area contributed by atoms with E-state index in [-0.39, 0.29) is 18.5 Å². The van der Waals surface area contributed by atoms with E-state index >= 15 is 0 Å². The van der Waals surface area contributed by atoms with Gasteiger partial charge in [-0.15, -0.1) is 0 Å². The van der Waals surface area contributed by atoms with Crippen LogP contribution in [0.5, 0.6) is 0 Å². The molecule has 1 atom stereocenters. The Labute approximate surface area is 464 Å². The van der Waals surface area contributed by atoms with Gasteiger partial charge in [-0.1, -0.05) is 321 Å². The third-order valence-corrected chi connectivity index (χ3v) is 15.5. The van der Waals surface area contributed by atoms with Crippen LogP contribution >= 0.6 is 0 Å². The lowest BCUT2D eigenvalue weighted by Gasteiger charge is -2.18. The van der Waals surface area contributed by atoms with E-state index in [0.29, 0.717) is 26.1 Å². The van der Waals surface area contributed by atoms with Crippen LogP contribution in [-0.2, 0) is 23.8 Å². The first-order valence-corrected chi connectivity index (χ1v) is 33.9. The van der Waals surface area contributed by atoms with Crippen LogP contribution in [-0.4, -0.2) is 37.9 Å². The molecule has 0 amide bonds. The number of hydrogen-bond donors (Lipinski definition) is 0. The first-order chi connectivity index (χ1) is 36.6. The second-order valence-corrected chi connectivity index (χ2v) is 23.1. The molecule has 0 aliphatic carbocycles. The highest BCUT2D eigenvalue weighted by Crippen LogP contribution is 2.18. The van der Waals surface area contributed by atoms with Crippen LogP contribution in [0.3, 0.4) is 0 Å². The van der Waals surface area contributed by atoms with Gasteiger partial charge in [0.1, 0.15) is 6.61 Å². The summed E-state index contributed by atoms with van der Waals surface area (Å²) in [6.07, 6.45) is 80.8. The van der Waals surface area contributed by atoms with Gasteiger partial charge in [-0.25, -0.2) is 0 Å². The van der Waals surface area contributed by atoms with Gasteiger partial charge in [-0.3, -0.25) is 9.59 Å². The number of carbonyl (C=O) groups excluding carboxylic acids is 2. The molecule has 5 heteroatoms. The monoisotopic (exact) mass is 1040 g/mol. The minimum absolute atomic E-state index is 0.0915. The highest BCUT2D eigenvalue weighted by molar-refractivity contribution is 5.70. The van der Waals surface area contributed by atoms with E-state index in [9.17, 15) is 9.59 Å². The summed E-state index contributed by atoms with van der Waals surface area (Å²) in [5, 5.41) is 0. The highest BCUT2D eigenvalue weighted by atomic mass is 16.6. The maximum atomic E-state index is 12.9. The average Bonchev–Trinajstić information content (AvgIpc) is 3.40. The second kappa shape index (κ2) is 65.7. The molecule has 0 aliphatic heterocycles. The van der Waals surface area contributed by atoms with Gasteiger partial charge in [0.05, 0.1) is 6.61 Å². The molecule has 0 N–H and O–H groups in total. The number of allylic oxidation sites excluding steroid dienone is 4. The Morgan fingerprint density at radius 2 is 0.527 bits per heavy atom. The van der Waals surface area contributed by atoms with Gasteiger partial charge >= 0.3 is 11.9 Å². The van der Waals surface area contributed by atoms with Crippen molar-refractivity contribution in [2.45, 2.75) is 386 Å². The summed E-state index contributed by atoms with van der Waals surface area (Å²) in [4.78, 5) is 25.7. The van der Waals surface area contributed by atoms with Crippen LogP contribution < -0.4 is 0 Å². The van der Waals surface area contributed by atoms with Crippen LogP contribution in [0.1, 0.15) is 380 Å². The van der Waals surface area contributed by atoms with E-state index in [1.807, 2.05) is 0 Å². The predicted molar refractivity (Wildman–Crippen MR) is 326 cm³/mol. The number of unbranched alkanes of at least 4 members (excludes halogenated alkanes) is 49. The fraction of sp³-hybridized carbons (Fsp3) is 0.913. The molecule has 0 fully saturated rings. The lowest BCUT2D eigenvalue weighted by Crippen LogP contribution is -2.30. The molecule has 0 aromatic heterocycles. The van der Waals surface area contributed by atoms with Gasteiger partial charge in [0.15, 0.2) is 6.10 Å². The van der Waals surface area contributed by atoms with Crippen molar-refractivity contribution in [3.05, 3.63) is 24.3 Å². The Hall–Kier alpha value is -1.62. The van der Waals surface area contributed by atoms with E-state index in [1.165, 1.54) is 315 Å². The van der Waals surface area contributed by atoms with Crippen LogP contribution in [0.25, 0.3) is 0 Å². The second-order valence-electron chi connectivity index (χ2n) is 23.1. The number of carbonyl (C=O) groups is 2. The molecule has 0 aromatic carbocycles. The van der Waals surface area contributed by atoms with Crippen molar-refractivity contribution < 1.29 is 23.8 Å². The fourth-order valence-corrected chi connectivity index (χ4v) is 10.4. The lowest BCUT2D eigenvalue weighted by atomic mass is 10.0. The van der Waals surface area contributed by atoms with Crippen LogP contribution in [0.2, 0.25) is 0 Å². The van der Waals surface area contributed by atoms with Crippen molar-refractivity contribution in [3.8, 4) is 0 Å². The van der Waals surface area contributed by atoms with Crippen molar-refractivity contribution in [1.29, 1.82) is 0 Å². The molecule has 1 unspecified atom stereocenters. The van der Waals surface area contributed by atoms with Crippen LogP contribution in [0.4, 0.5) is 0 Å². The Morgan fingerprint density at radius 3 is 0.824 bits per heavy atom. The molecule has 0 heterocycles. The summed E-state index contributed by atoms with van der Waals surface area (Å²) in [6.45, 7) is 7.91. The standard InChI is InChI=1S/C69H132O5/c1-4-7-10-13-16-19-22-25-28-31-34-37-40-43-46-49-52-55-58-61-64-72-65-67(74-69(71)63-60-57-54-51-48-45-42-39-36-33-30-27-24-21-18-15-12-9-6-3)66-73-68(70)62-59-56-53-50-47-44-41-38-35-32-29-26-23-20-17-14-11-8-5-2/h26-27,29-30,67H,4-25,28,31-66H2,1-3H3/b29-26-,30-27-. The van der Waals surface area contributed by atoms with E-state index in [2.05, 4.69) is 45.1 Å². The first kappa shape index (κ1) is 72.4. The maximum Gasteiger partial charge on any atom is 0.306 e. The van der Waals surface area contributed by atoms with Crippen molar-refractivity contribution in [2.24, 2.45) is 0 Å². The molecule has 0 bridgehead atoms. The molecular weight excluding hydrogens is 909 g/mol. The van der Waals surface area contributed by atoms with Gasteiger partial charge in [0, 0.05) is 19.4 Å². The van der Waals surface area contributed by atoms with Gasteiger partial charge < -0.3 is 14.2 Å². The molecule has 0 saturated heterocycles. The minimum atomic E-state index is -0.534. The fourth-order valence-electron chi connectivity index (χ4n) is 10.4. The largest absolute Gasteiger partial charge is 0.462 e. The molecular formula is C69H132O5. The van der Waals surface area contributed by atoms with Crippen molar-refractivity contribution in [2.75, 3.05) is 19.8 Å². The van der Waals surface area contributed by atoms with Crippen LogP contribution in [0, 0.1) is 0 Å². The van der Waals surface area contributed by atoms with Gasteiger partial charge in [0.2, 0.25) is 0 Å². The summed E-state index contributed by atoms with van der Waals surface area (Å²) in [7, 11) is 0. The first-order valence-electron chi connectivity index (χ1n) is 33.9. The normalized spacial score (nSPS) is 12.2. The Bertz CT molecular complexity index is 1130. The van der Waals surface area contributed by atoms with E-state index in [1.54, 1.807) is 0 Å². The third kappa shape index (κ3) is 62.9. The zero-order valence-corrected chi connectivity index (χ0v) is 50.6. The highest BCUT2D eigenvalue weighted by Gasteiger charge is 2.18. The molecule has 0 aromatic rings. The molecule has 0 saturated carbocycles. The molecule has 0 spiro atoms. The van der Waals surface area contributed by atoms with E-state index < -0.39 is 6.10 Å². The SMILES string of the molecule is CCCCCCCC/C=C\CCCCCCCCCCCC(=O)OCC(COCCCCCCCCCCCCCCCCCCCCCC)OC(=O)CCCCCCCCCCC/C=C\CCCCCCCC. The Balaban J connectivity index is 4.22. The lowest BCUT2D eigenvalue weighted by molar-refractivity contribution is -0.163. The van der Waals surface area contributed by atoms with Crippen LogP contribution in [0.15, 0.2) is 24.3 Å². The Morgan fingerprint density at radius 1 is 0.284 bits per heavy atom. The number of hydrogen-bond acceptors (Lipinski definition) is 5. The molecule has 438 valence electrons. The van der Waals surface area contributed by atoms with E-state index in [4.69, 9.17) is 14.2 Å². The van der Waals surface area contributed by atoms with Gasteiger partial charge in [-0.05, 0) is 70.6 Å². The summed E-state index contributed by atoms with van der Waals surface area (Å²) >= 11 is 0. The quantitative estimate of drug-likeness (QED) is 0.0345. The summed E-state index contributed by atoms with van der Waals surface area (Å²) < 4.78 is 17.6. The molecule has 0 rings (SSSR count). The van der Waals surface area contributed by atoms with Crippen molar-refractivity contribution >= 4 is 11.9 Å². The van der Waals surface area contributed by atoms with E-state index in [0.717, 1.165) is 32.1 Å². The minimum Gasteiger partial charge on any atom is -0.462 e. The molecule has 5 nitrogen and oxygen atoms in total. The zero-order valence-electron chi connectivity index (χ0n) is 50.6. The summed E-state index contributed by atoms with van der Waals surface area (Å²) in [5.74, 6) is -0.373. The summed E-state index contributed by atoms with van der Waals surface area (Å²) in [5.41, 5.74) is 0. The topological polar surface area (TPSA) is 61.8 Å². The molecule has 74 heavy (non-hydrogen) atoms. The third-order valence-electron chi connectivity index (χ3n) is 15.5. The summed E-state index contributed by atoms with van der Waals surface area (Å²) in [6, 6.07) is 0. The van der Waals surface area contributed by atoms with Gasteiger partial charge in [0.25, 0.3) is 0 Å². The number of esters is 2. The zero-order chi connectivity index (χ0) is 53.4. The van der Waals surface area contributed by atoms with Gasteiger partial charge in [-0.2, -0.15) is 0 Å². The smallest absolute Gasteiger partial charge is 0.306 e. The molecule has 0 aliphatic rings. The predicted octanol–water partition coefficient (Wildman–Crippen LogP) is 23.5. The maximum absolute atomic E-state index is 12.9. The molecule has 0 radical (unpaired) electrons. The number of rotatable bonds is 64. The Kier molecular flexibility index (Phi) is 64.2.